The van der Waals surface area contributed by atoms with Gasteiger partial charge in [-0.25, -0.2) is 9.82 Å². The van der Waals surface area contributed by atoms with Crippen LogP contribution in [0.2, 0.25) is 0 Å². The van der Waals surface area contributed by atoms with Crippen molar-refractivity contribution in [3.05, 3.63) is 34.1 Å². The summed E-state index contributed by atoms with van der Waals surface area (Å²) in [6, 6.07) is 3.81. The van der Waals surface area contributed by atoms with Crippen LogP contribution in [0.15, 0.2) is 22.7 Å². The second-order valence-corrected chi connectivity index (χ2v) is 4.19. The van der Waals surface area contributed by atoms with Gasteiger partial charge >= 0.3 is 0 Å². The van der Waals surface area contributed by atoms with E-state index in [1.165, 1.54) is 6.07 Å². The summed E-state index contributed by atoms with van der Waals surface area (Å²) in [4.78, 5) is 11.2. The molecular weight excluding hydrogens is 277 g/mol. The van der Waals surface area contributed by atoms with E-state index in [9.17, 15) is 9.18 Å². The third-order valence-electron chi connectivity index (χ3n) is 2.03. The smallest absolute Gasteiger partial charge is 0.235 e. The van der Waals surface area contributed by atoms with Crippen molar-refractivity contribution in [2.75, 3.05) is 7.05 Å². The second-order valence-electron chi connectivity index (χ2n) is 3.27. The number of hydrogen-bond acceptors (Lipinski definition) is 3. The molecule has 0 saturated carbocycles. The molecule has 0 aliphatic rings. The second kappa shape index (κ2) is 5.93. The van der Waals surface area contributed by atoms with Gasteiger partial charge in [-0.2, -0.15) is 0 Å². The number of amides is 1. The van der Waals surface area contributed by atoms with Gasteiger partial charge in [0.2, 0.25) is 5.91 Å². The first kappa shape index (κ1) is 13.1. The molecule has 1 atom stereocenters. The van der Waals surface area contributed by atoms with Crippen molar-refractivity contribution in [1.29, 1.82) is 0 Å². The van der Waals surface area contributed by atoms with Crippen molar-refractivity contribution >= 4 is 21.8 Å². The molecule has 0 aliphatic carbocycles. The molecule has 1 aromatic carbocycles. The van der Waals surface area contributed by atoms with Crippen LogP contribution < -0.4 is 16.6 Å². The van der Waals surface area contributed by atoms with Crippen LogP contribution in [-0.4, -0.2) is 13.0 Å². The van der Waals surface area contributed by atoms with Crippen molar-refractivity contribution in [3.63, 3.8) is 0 Å². The maximum atomic E-state index is 13.4. The molecule has 0 fully saturated rings. The van der Waals surface area contributed by atoms with Crippen LogP contribution >= 0.6 is 15.9 Å². The van der Waals surface area contributed by atoms with Gasteiger partial charge < -0.3 is 5.73 Å². The fourth-order valence-electron chi connectivity index (χ4n) is 1.30. The van der Waals surface area contributed by atoms with E-state index >= 15 is 0 Å². The number of rotatable bonds is 4. The van der Waals surface area contributed by atoms with E-state index in [1.54, 1.807) is 19.2 Å². The summed E-state index contributed by atoms with van der Waals surface area (Å²) in [6.45, 7) is 0. The van der Waals surface area contributed by atoms with Crippen LogP contribution in [0.3, 0.4) is 0 Å². The molecular formula is C10H13BrFN3O. The molecule has 4 nitrogen and oxygen atoms in total. The monoisotopic (exact) mass is 289 g/mol. The number of halogens is 2. The first-order valence-corrected chi connectivity index (χ1v) is 5.50. The molecule has 6 heteroatoms. The molecule has 16 heavy (non-hydrogen) atoms. The summed E-state index contributed by atoms with van der Waals surface area (Å²) in [5.74, 6) is -0.692. The summed E-state index contributed by atoms with van der Waals surface area (Å²) in [7, 11) is 1.57. The molecule has 0 bridgehead atoms. The number of carbonyl (C=O) groups is 1. The van der Waals surface area contributed by atoms with Gasteiger partial charge in [-0.1, -0.05) is 15.9 Å². The number of nitrogens with two attached hydrogens (primary N) is 1. The zero-order valence-corrected chi connectivity index (χ0v) is 10.3. The normalized spacial score (nSPS) is 12.2. The van der Waals surface area contributed by atoms with Gasteiger partial charge in [0.1, 0.15) is 5.82 Å². The zero-order chi connectivity index (χ0) is 12.1. The van der Waals surface area contributed by atoms with E-state index in [2.05, 4.69) is 26.8 Å². The number of benzene rings is 1. The molecule has 1 aromatic rings. The Bertz CT molecular complexity index is 386. The van der Waals surface area contributed by atoms with Crippen molar-refractivity contribution in [1.82, 2.24) is 10.9 Å². The van der Waals surface area contributed by atoms with Crippen LogP contribution in [0.1, 0.15) is 18.0 Å². The predicted octanol–water partition coefficient (Wildman–Crippen LogP) is 1.23. The first-order chi connectivity index (χ1) is 7.54. The summed E-state index contributed by atoms with van der Waals surface area (Å²) in [6.07, 6.45) is 0.0220. The highest BCUT2D eigenvalue weighted by atomic mass is 79.9. The molecule has 0 heterocycles. The number of hydrogen-bond donors (Lipinski definition) is 3. The Morgan fingerprint density at radius 2 is 2.31 bits per heavy atom. The van der Waals surface area contributed by atoms with E-state index in [0.717, 1.165) is 4.47 Å². The van der Waals surface area contributed by atoms with Gasteiger partial charge in [0.05, 0.1) is 0 Å². The number of carbonyl (C=O) groups excluding carboxylic acids is 1. The quantitative estimate of drug-likeness (QED) is 0.731. The fourth-order valence-corrected chi connectivity index (χ4v) is 1.68. The lowest BCUT2D eigenvalue weighted by molar-refractivity contribution is -0.122. The van der Waals surface area contributed by atoms with Crippen molar-refractivity contribution in [3.8, 4) is 0 Å². The Morgan fingerprint density at radius 3 is 2.94 bits per heavy atom. The maximum absolute atomic E-state index is 13.4. The Balaban J connectivity index is 2.76. The van der Waals surface area contributed by atoms with Crippen LogP contribution in [0, 0.1) is 5.82 Å². The average Bonchev–Trinajstić information content (AvgIpc) is 2.21. The third kappa shape index (κ3) is 3.55. The van der Waals surface area contributed by atoms with Crippen LogP contribution in [0.5, 0.6) is 0 Å². The highest BCUT2D eigenvalue weighted by Gasteiger charge is 2.15. The Hall–Kier alpha value is -0.980. The van der Waals surface area contributed by atoms with Gasteiger partial charge in [-0.15, -0.1) is 0 Å². The van der Waals surface area contributed by atoms with Crippen LogP contribution in [0.4, 0.5) is 4.39 Å². The first-order valence-electron chi connectivity index (χ1n) is 4.70. The predicted molar refractivity (Wildman–Crippen MR) is 62.8 cm³/mol. The number of hydrazine groups is 1. The molecule has 88 valence electrons. The van der Waals surface area contributed by atoms with Crippen molar-refractivity contribution in [2.24, 2.45) is 5.73 Å². The van der Waals surface area contributed by atoms with Crippen molar-refractivity contribution in [2.45, 2.75) is 12.5 Å². The molecule has 0 spiro atoms. The molecule has 1 amide bonds. The van der Waals surface area contributed by atoms with Crippen molar-refractivity contribution < 1.29 is 9.18 Å². The van der Waals surface area contributed by atoms with Gasteiger partial charge in [-0.05, 0) is 18.2 Å². The van der Waals surface area contributed by atoms with Gasteiger partial charge in [0.15, 0.2) is 0 Å². The molecule has 4 N–H and O–H groups in total. The average molecular weight is 290 g/mol. The Morgan fingerprint density at radius 1 is 1.62 bits per heavy atom. The van der Waals surface area contributed by atoms with Gasteiger partial charge in [-0.3, -0.25) is 10.2 Å². The van der Waals surface area contributed by atoms with Gasteiger partial charge in [0, 0.05) is 29.5 Å². The SMILES string of the molecule is CNNC(=O)CC(N)c1cc(Br)ccc1F. The fraction of sp³-hybridized carbons (Fsp3) is 0.300. The topological polar surface area (TPSA) is 67.1 Å². The van der Waals surface area contributed by atoms with E-state index in [-0.39, 0.29) is 12.3 Å². The third-order valence-corrected chi connectivity index (χ3v) is 2.52. The summed E-state index contributed by atoms with van der Waals surface area (Å²) < 4.78 is 14.1. The summed E-state index contributed by atoms with van der Waals surface area (Å²) in [5, 5.41) is 0. The highest BCUT2D eigenvalue weighted by molar-refractivity contribution is 9.10. The number of nitrogens with one attached hydrogen (secondary N) is 2. The molecule has 0 aromatic heterocycles. The standard InChI is InChI=1S/C10H13BrFN3O/c1-14-15-10(16)5-9(13)7-4-6(11)2-3-8(7)12/h2-4,9,14H,5,13H2,1H3,(H,15,16). The lowest BCUT2D eigenvalue weighted by Gasteiger charge is -2.13. The molecule has 0 aliphatic heterocycles. The molecule has 1 unspecified atom stereocenters. The van der Waals surface area contributed by atoms with E-state index < -0.39 is 11.9 Å². The Labute approximate surface area is 101 Å². The lowest BCUT2D eigenvalue weighted by Crippen LogP contribution is -2.36. The largest absolute Gasteiger partial charge is 0.323 e. The van der Waals surface area contributed by atoms with Gasteiger partial charge in [0.25, 0.3) is 0 Å². The minimum atomic E-state index is -0.661. The summed E-state index contributed by atoms with van der Waals surface area (Å²) in [5.41, 5.74) is 10.9. The minimum absolute atomic E-state index is 0.0220. The van der Waals surface area contributed by atoms with E-state index in [0.29, 0.717) is 5.56 Å². The molecule has 0 saturated heterocycles. The van der Waals surface area contributed by atoms with E-state index in [4.69, 9.17) is 5.73 Å². The molecule has 0 radical (unpaired) electrons. The lowest BCUT2D eigenvalue weighted by atomic mass is 10.0. The molecule has 1 rings (SSSR count). The minimum Gasteiger partial charge on any atom is -0.323 e. The van der Waals surface area contributed by atoms with Crippen LogP contribution in [-0.2, 0) is 4.79 Å². The zero-order valence-electron chi connectivity index (χ0n) is 8.76. The highest BCUT2D eigenvalue weighted by Crippen LogP contribution is 2.22. The van der Waals surface area contributed by atoms with Crippen LogP contribution in [0.25, 0.3) is 0 Å². The maximum Gasteiger partial charge on any atom is 0.235 e. The van der Waals surface area contributed by atoms with E-state index in [1.807, 2.05) is 0 Å². The summed E-state index contributed by atoms with van der Waals surface area (Å²) >= 11 is 3.23. The Kier molecular flexibility index (Phi) is 4.85.